The van der Waals surface area contributed by atoms with E-state index in [2.05, 4.69) is 24.1 Å². The number of benzene rings is 1. The summed E-state index contributed by atoms with van der Waals surface area (Å²) in [4.78, 5) is 16.6. The molecule has 0 fully saturated rings. The summed E-state index contributed by atoms with van der Waals surface area (Å²) in [6, 6.07) is 9.99. The first-order valence-electron chi connectivity index (χ1n) is 9.10. The summed E-state index contributed by atoms with van der Waals surface area (Å²) in [5.74, 6) is 1.61. The molecule has 2 aromatic rings. The zero-order valence-corrected chi connectivity index (χ0v) is 15.7. The molecule has 0 spiro atoms. The van der Waals surface area contributed by atoms with Gasteiger partial charge in [0.2, 0.25) is 0 Å². The van der Waals surface area contributed by atoms with Crippen LogP contribution in [0.1, 0.15) is 45.1 Å². The van der Waals surface area contributed by atoms with Gasteiger partial charge in [-0.1, -0.05) is 20.3 Å². The molecule has 136 valence electrons. The van der Waals surface area contributed by atoms with Crippen LogP contribution in [0.5, 0.6) is 5.75 Å². The molecular formula is C20H29N3O2. The molecule has 0 aliphatic heterocycles. The van der Waals surface area contributed by atoms with Gasteiger partial charge in [-0.05, 0) is 44.5 Å². The molecule has 1 aromatic heterocycles. The van der Waals surface area contributed by atoms with E-state index in [0.29, 0.717) is 19.2 Å². The topological polar surface area (TPSA) is 56.1 Å². The largest absolute Gasteiger partial charge is 0.492 e. The molecule has 0 amide bonds. The maximum absolute atomic E-state index is 12.1. The lowest BCUT2D eigenvalue weighted by Gasteiger charge is -2.15. The minimum atomic E-state index is -0.0163. The molecule has 1 atom stereocenters. The number of ether oxygens (including phenoxy) is 1. The number of rotatable bonds is 9. The fraction of sp³-hybridized carbons (Fsp3) is 0.500. The number of hydrogen-bond acceptors (Lipinski definition) is 4. The van der Waals surface area contributed by atoms with E-state index in [1.807, 2.05) is 38.1 Å². The summed E-state index contributed by atoms with van der Waals surface area (Å²) in [7, 11) is 0. The van der Waals surface area contributed by atoms with Gasteiger partial charge in [-0.3, -0.25) is 9.36 Å². The third-order valence-corrected chi connectivity index (χ3v) is 4.10. The van der Waals surface area contributed by atoms with Crippen molar-refractivity contribution in [2.75, 3.05) is 11.9 Å². The Morgan fingerprint density at radius 2 is 1.96 bits per heavy atom. The molecule has 0 bridgehead atoms. The van der Waals surface area contributed by atoms with Gasteiger partial charge in [0.15, 0.2) is 0 Å². The van der Waals surface area contributed by atoms with Crippen molar-refractivity contribution in [3.05, 3.63) is 52.2 Å². The van der Waals surface area contributed by atoms with Gasteiger partial charge >= 0.3 is 0 Å². The normalized spacial score (nSPS) is 12.0. The second kappa shape index (κ2) is 9.25. The second-order valence-electron chi connectivity index (χ2n) is 6.36. The summed E-state index contributed by atoms with van der Waals surface area (Å²) in [5.41, 5.74) is 1.84. The van der Waals surface area contributed by atoms with Gasteiger partial charge in [-0.25, -0.2) is 4.98 Å². The zero-order valence-electron chi connectivity index (χ0n) is 15.7. The second-order valence-corrected chi connectivity index (χ2v) is 6.36. The number of nitrogens with zero attached hydrogens (tertiary/aromatic N) is 2. The number of aromatic nitrogens is 2. The van der Waals surface area contributed by atoms with Crippen LogP contribution in [0.2, 0.25) is 0 Å². The van der Waals surface area contributed by atoms with Crippen molar-refractivity contribution in [2.24, 2.45) is 0 Å². The Kier molecular flexibility index (Phi) is 7.04. The smallest absolute Gasteiger partial charge is 0.253 e. The van der Waals surface area contributed by atoms with E-state index in [4.69, 9.17) is 4.74 Å². The van der Waals surface area contributed by atoms with Crippen LogP contribution < -0.4 is 15.6 Å². The quantitative estimate of drug-likeness (QED) is 0.752. The van der Waals surface area contributed by atoms with Crippen LogP contribution in [0.15, 0.2) is 35.1 Å². The molecule has 5 nitrogen and oxygen atoms in total. The van der Waals surface area contributed by atoms with Crippen molar-refractivity contribution in [1.29, 1.82) is 0 Å². The molecule has 1 aromatic carbocycles. The highest BCUT2D eigenvalue weighted by Gasteiger charge is 2.06. The van der Waals surface area contributed by atoms with E-state index in [1.165, 1.54) is 6.42 Å². The summed E-state index contributed by atoms with van der Waals surface area (Å²) >= 11 is 0. The SMILES string of the molecule is CCCC(C)Nc1ccc(OCCn2c(CC)nc(C)cc2=O)cc1. The van der Waals surface area contributed by atoms with Crippen molar-refractivity contribution >= 4 is 5.69 Å². The van der Waals surface area contributed by atoms with Crippen LogP contribution in [0.3, 0.4) is 0 Å². The molecule has 0 saturated carbocycles. The standard InChI is InChI=1S/C20H29N3O2/c1-5-7-15(3)21-17-8-10-18(11-9-17)25-13-12-23-19(6-2)22-16(4)14-20(23)24/h8-11,14-15,21H,5-7,12-13H2,1-4H3. The maximum atomic E-state index is 12.1. The number of nitrogens with one attached hydrogen (secondary N) is 1. The first kappa shape index (κ1) is 19.0. The van der Waals surface area contributed by atoms with Gasteiger partial charge in [0.25, 0.3) is 5.56 Å². The van der Waals surface area contributed by atoms with E-state index >= 15 is 0 Å². The molecule has 5 heteroatoms. The molecule has 25 heavy (non-hydrogen) atoms. The van der Waals surface area contributed by atoms with Gasteiger partial charge in [0.05, 0.1) is 6.54 Å². The highest BCUT2D eigenvalue weighted by atomic mass is 16.5. The lowest BCUT2D eigenvalue weighted by atomic mass is 10.2. The van der Waals surface area contributed by atoms with Gasteiger partial charge in [-0.2, -0.15) is 0 Å². The minimum absolute atomic E-state index is 0.0163. The summed E-state index contributed by atoms with van der Waals surface area (Å²) in [6.45, 7) is 9.17. The fourth-order valence-electron chi connectivity index (χ4n) is 2.88. The summed E-state index contributed by atoms with van der Waals surface area (Å²) in [6.07, 6.45) is 3.05. The predicted molar refractivity (Wildman–Crippen MR) is 103 cm³/mol. The van der Waals surface area contributed by atoms with E-state index in [0.717, 1.165) is 35.8 Å². The molecule has 0 aliphatic carbocycles. The molecule has 2 rings (SSSR count). The molecule has 0 aliphatic rings. The molecular weight excluding hydrogens is 314 g/mol. The van der Waals surface area contributed by atoms with Crippen LogP contribution >= 0.6 is 0 Å². The lowest BCUT2D eigenvalue weighted by Crippen LogP contribution is -2.27. The molecule has 0 saturated heterocycles. The minimum Gasteiger partial charge on any atom is -0.492 e. The monoisotopic (exact) mass is 343 g/mol. The van der Waals surface area contributed by atoms with Crippen LogP contribution in [0.25, 0.3) is 0 Å². The highest BCUT2D eigenvalue weighted by Crippen LogP contribution is 2.17. The van der Waals surface area contributed by atoms with Crippen LogP contribution in [-0.4, -0.2) is 22.2 Å². The summed E-state index contributed by atoms with van der Waals surface area (Å²) < 4.78 is 7.48. The Balaban J connectivity index is 1.91. The summed E-state index contributed by atoms with van der Waals surface area (Å²) in [5, 5.41) is 3.47. The Hall–Kier alpha value is -2.30. The number of aryl methyl sites for hydroxylation is 2. The van der Waals surface area contributed by atoms with E-state index < -0.39 is 0 Å². The number of anilines is 1. The van der Waals surface area contributed by atoms with Crippen molar-refractivity contribution in [3.63, 3.8) is 0 Å². The third-order valence-electron chi connectivity index (χ3n) is 4.10. The van der Waals surface area contributed by atoms with Crippen molar-refractivity contribution in [1.82, 2.24) is 9.55 Å². The fourth-order valence-corrected chi connectivity index (χ4v) is 2.88. The third kappa shape index (κ3) is 5.62. The Morgan fingerprint density at radius 1 is 1.24 bits per heavy atom. The number of hydrogen-bond donors (Lipinski definition) is 1. The van der Waals surface area contributed by atoms with E-state index in [9.17, 15) is 4.79 Å². The Morgan fingerprint density at radius 3 is 2.60 bits per heavy atom. The van der Waals surface area contributed by atoms with Crippen molar-refractivity contribution in [2.45, 2.75) is 59.5 Å². The lowest BCUT2D eigenvalue weighted by molar-refractivity contribution is 0.293. The van der Waals surface area contributed by atoms with Crippen LogP contribution in [0.4, 0.5) is 5.69 Å². The Bertz CT molecular complexity index is 723. The van der Waals surface area contributed by atoms with Crippen molar-refractivity contribution in [3.8, 4) is 5.75 Å². The van der Waals surface area contributed by atoms with Gasteiger partial charge < -0.3 is 10.1 Å². The molecule has 1 heterocycles. The van der Waals surface area contributed by atoms with Crippen molar-refractivity contribution < 1.29 is 4.74 Å². The van der Waals surface area contributed by atoms with Gasteiger partial charge in [0, 0.05) is 29.9 Å². The average molecular weight is 343 g/mol. The van der Waals surface area contributed by atoms with Crippen LogP contribution in [-0.2, 0) is 13.0 Å². The molecule has 1 unspecified atom stereocenters. The first-order valence-corrected chi connectivity index (χ1v) is 9.10. The van der Waals surface area contributed by atoms with Crippen LogP contribution in [0, 0.1) is 6.92 Å². The average Bonchev–Trinajstić information content (AvgIpc) is 2.58. The van der Waals surface area contributed by atoms with Gasteiger partial charge in [0.1, 0.15) is 18.2 Å². The Labute approximate surface area is 150 Å². The maximum Gasteiger partial charge on any atom is 0.253 e. The van der Waals surface area contributed by atoms with E-state index in [1.54, 1.807) is 10.6 Å². The zero-order chi connectivity index (χ0) is 18.2. The van der Waals surface area contributed by atoms with Gasteiger partial charge in [-0.15, -0.1) is 0 Å². The molecule has 1 N–H and O–H groups in total. The highest BCUT2D eigenvalue weighted by molar-refractivity contribution is 5.46. The predicted octanol–water partition coefficient (Wildman–Crippen LogP) is 3.79. The first-order chi connectivity index (χ1) is 12.0. The van der Waals surface area contributed by atoms with E-state index in [-0.39, 0.29) is 5.56 Å². The molecule has 0 radical (unpaired) electrons.